The highest BCUT2D eigenvalue weighted by atomic mass is 16.1. The maximum atomic E-state index is 12.0. The summed E-state index contributed by atoms with van der Waals surface area (Å²) in [6, 6.07) is 13.4. The van der Waals surface area contributed by atoms with Crippen LogP contribution >= 0.6 is 0 Å². The monoisotopic (exact) mass is 265 g/mol. The Morgan fingerprint density at radius 2 is 2.00 bits per heavy atom. The van der Waals surface area contributed by atoms with Gasteiger partial charge in [0.1, 0.15) is 0 Å². The van der Waals surface area contributed by atoms with Crippen LogP contribution in [0.5, 0.6) is 0 Å². The van der Waals surface area contributed by atoms with Gasteiger partial charge in [-0.05, 0) is 30.7 Å². The Balaban J connectivity index is 1.91. The molecule has 2 heterocycles. The molecule has 4 nitrogen and oxygen atoms in total. The molecule has 20 heavy (non-hydrogen) atoms. The molecule has 2 aromatic heterocycles. The van der Waals surface area contributed by atoms with E-state index >= 15 is 0 Å². The van der Waals surface area contributed by atoms with Crippen LogP contribution in [0.25, 0.3) is 5.69 Å². The molecule has 4 heteroatoms. The lowest BCUT2D eigenvalue weighted by Gasteiger charge is -2.02. The number of pyridine rings is 1. The summed E-state index contributed by atoms with van der Waals surface area (Å²) in [7, 11) is 0. The first-order valence-corrected chi connectivity index (χ1v) is 6.49. The first-order valence-electron chi connectivity index (χ1n) is 6.49. The number of hydrogen-bond acceptors (Lipinski definition) is 2. The van der Waals surface area contributed by atoms with Crippen LogP contribution in [-0.2, 0) is 6.42 Å². The van der Waals surface area contributed by atoms with Crippen molar-refractivity contribution in [2.45, 2.75) is 13.3 Å². The zero-order valence-corrected chi connectivity index (χ0v) is 11.2. The van der Waals surface area contributed by atoms with Gasteiger partial charge in [0.15, 0.2) is 0 Å². The van der Waals surface area contributed by atoms with Gasteiger partial charge in [0.25, 0.3) is 5.56 Å². The molecule has 0 saturated heterocycles. The van der Waals surface area contributed by atoms with E-state index in [2.05, 4.69) is 10.1 Å². The molecule has 0 amide bonds. The zero-order valence-electron chi connectivity index (χ0n) is 11.2. The first kappa shape index (κ1) is 12.4. The highest BCUT2D eigenvalue weighted by molar-refractivity contribution is 5.34. The van der Waals surface area contributed by atoms with Gasteiger partial charge in [-0.3, -0.25) is 14.9 Å². The van der Waals surface area contributed by atoms with Gasteiger partial charge in [-0.2, -0.15) is 0 Å². The molecule has 0 spiro atoms. The fraction of sp³-hybridized carbons (Fsp3) is 0.125. The molecule has 0 aliphatic rings. The molecule has 0 bridgehead atoms. The van der Waals surface area contributed by atoms with Gasteiger partial charge in [0, 0.05) is 30.6 Å². The molecular weight excluding hydrogens is 250 g/mol. The standard InChI is InChI=1S/C16H15N3O/c1-12-4-6-15(7-5-12)19-16(20)10-14(18-19)9-13-3-2-8-17-11-13/h2-8,10-11,18H,9H2,1H3. The number of benzene rings is 1. The third kappa shape index (κ3) is 2.54. The molecule has 0 radical (unpaired) electrons. The molecular formula is C16H15N3O. The van der Waals surface area contributed by atoms with Crippen molar-refractivity contribution < 1.29 is 0 Å². The second kappa shape index (κ2) is 5.17. The molecule has 0 fully saturated rings. The van der Waals surface area contributed by atoms with E-state index in [1.807, 2.05) is 49.5 Å². The third-order valence-electron chi connectivity index (χ3n) is 3.18. The van der Waals surface area contributed by atoms with Crippen LogP contribution in [-0.4, -0.2) is 14.8 Å². The number of aromatic amines is 1. The van der Waals surface area contributed by atoms with Crippen molar-refractivity contribution in [1.82, 2.24) is 14.8 Å². The molecule has 3 aromatic rings. The minimum absolute atomic E-state index is 0.0484. The van der Waals surface area contributed by atoms with Gasteiger partial charge in [0.05, 0.1) is 5.69 Å². The summed E-state index contributed by atoms with van der Waals surface area (Å²) in [6.45, 7) is 2.02. The van der Waals surface area contributed by atoms with Crippen LogP contribution < -0.4 is 5.56 Å². The van der Waals surface area contributed by atoms with Crippen molar-refractivity contribution >= 4 is 0 Å². The second-order valence-corrected chi connectivity index (χ2v) is 4.83. The van der Waals surface area contributed by atoms with E-state index in [1.165, 1.54) is 5.56 Å². The van der Waals surface area contributed by atoms with Crippen molar-refractivity contribution in [3.8, 4) is 5.69 Å². The van der Waals surface area contributed by atoms with Gasteiger partial charge in [0.2, 0.25) is 0 Å². The molecule has 0 aliphatic carbocycles. The largest absolute Gasteiger partial charge is 0.295 e. The molecule has 0 aliphatic heterocycles. The minimum Gasteiger partial charge on any atom is -0.295 e. The van der Waals surface area contributed by atoms with Crippen molar-refractivity contribution in [1.29, 1.82) is 0 Å². The first-order chi connectivity index (χ1) is 9.72. The predicted molar refractivity (Wildman–Crippen MR) is 78.2 cm³/mol. The quantitative estimate of drug-likeness (QED) is 0.791. The van der Waals surface area contributed by atoms with Crippen LogP contribution in [0.2, 0.25) is 0 Å². The number of rotatable bonds is 3. The number of H-pyrrole nitrogens is 1. The number of nitrogens with one attached hydrogen (secondary N) is 1. The Morgan fingerprint density at radius 3 is 2.70 bits per heavy atom. The summed E-state index contributed by atoms with van der Waals surface area (Å²) >= 11 is 0. The Hall–Kier alpha value is -2.62. The molecule has 1 N–H and O–H groups in total. The molecule has 0 atom stereocenters. The van der Waals surface area contributed by atoms with Gasteiger partial charge in [-0.25, -0.2) is 4.68 Å². The number of hydrogen-bond donors (Lipinski definition) is 1. The number of aryl methyl sites for hydroxylation is 1. The van der Waals surface area contributed by atoms with Gasteiger partial charge >= 0.3 is 0 Å². The van der Waals surface area contributed by atoms with Crippen LogP contribution in [0, 0.1) is 6.92 Å². The summed E-state index contributed by atoms with van der Waals surface area (Å²) in [5.74, 6) is 0. The SMILES string of the molecule is Cc1ccc(-n2[nH]c(Cc3cccnc3)cc2=O)cc1. The lowest BCUT2D eigenvalue weighted by atomic mass is 10.2. The lowest BCUT2D eigenvalue weighted by Crippen LogP contribution is -2.13. The fourth-order valence-corrected chi connectivity index (χ4v) is 2.14. The van der Waals surface area contributed by atoms with Gasteiger partial charge < -0.3 is 0 Å². The van der Waals surface area contributed by atoms with Crippen molar-refractivity contribution in [2.75, 3.05) is 0 Å². The Labute approximate surface area is 116 Å². The predicted octanol–water partition coefficient (Wildman–Crippen LogP) is 2.46. The fourth-order valence-electron chi connectivity index (χ4n) is 2.14. The number of nitrogens with zero attached hydrogens (tertiary/aromatic N) is 2. The van der Waals surface area contributed by atoms with E-state index in [0.29, 0.717) is 6.42 Å². The molecule has 0 unspecified atom stereocenters. The Bertz CT molecular complexity index is 754. The average Bonchev–Trinajstić information content (AvgIpc) is 2.81. The lowest BCUT2D eigenvalue weighted by molar-refractivity contribution is 0.823. The van der Waals surface area contributed by atoms with Crippen LogP contribution in [0.1, 0.15) is 16.8 Å². The van der Waals surface area contributed by atoms with Gasteiger partial charge in [-0.15, -0.1) is 0 Å². The Morgan fingerprint density at radius 1 is 1.20 bits per heavy atom. The van der Waals surface area contributed by atoms with E-state index < -0.39 is 0 Å². The minimum atomic E-state index is -0.0484. The molecule has 0 saturated carbocycles. The second-order valence-electron chi connectivity index (χ2n) is 4.83. The van der Waals surface area contributed by atoms with Crippen molar-refractivity contribution in [2.24, 2.45) is 0 Å². The third-order valence-corrected chi connectivity index (χ3v) is 3.18. The van der Waals surface area contributed by atoms with E-state index in [-0.39, 0.29) is 5.56 Å². The zero-order chi connectivity index (χ0) is 13.9. The van der Waals surface area contributed by atoms with Crippen molar-refractivity contribution in [3.63, 3.8) is 0 Å². The van der Waals surface area contributed by atoms with Gasteiger partial charge in [-0.1, -0.05) is 23.8 Å². The van der Waals surface area contributed by atoms with E-state index in [1.54, 1.807) is 16.9 Å². The average molecular weight is 265 g/mol. The summed E-state index contributed by atoms with van der Waals surface area (Å²) in [4.78, 5) is 16.1. The summed E-state index contributed by atoms with van der Waals surface area (Å²) in [5.41, 5.74) is 3.92. The molecule has 3 rings (SSSR count). The van der Waals surface area contributed by atoms with Crippen molar-refractivity contribution in [3.05, 3.63) is 82.0 Å². The van der Waals surface area contributed by atoms with E-state index in [0.717, 1.165) is 16.9 Å². The molecule has 100 valence electrons. The van der Waals surface area contributed by atoms with E-state index in [4.69, 9.17) is 0 Å². The van der Waals surface area contributed by atoms with E-state index in [9.17, 15) is 4.79 Å². The summed E-state index contributed by atoms with van der Waals surface area (Å²) in [5, 5.41) is 3.14. The van der Waals surface area contributed by atoms with Crippen LogP contribution in [0.4, 0.5) is 0 Å². The maximum Gasteiger partial charge on any atom is 0.271 e. The smallest absolute Gasteiger partial charge is 0.271 e. The normalized spacial score (nSPS) is 10.7. The Kier molecular flexibility index (Phi) is 3.21. The topological polar surface area (TPSA) is 50.7 Å². The number of aromatic nitrogens is 3. The summed E-state index contributed by atoms with van der Waals surface area (Å²) in [6.07, 6.45) is 4.22. The maximum absolute atomic E-state index is 12.0. The highest BCUT2D eigenvalue weighted by Crippen LogP contribution is 2.08. The van der Waals surface area contributed by atoms with Crippen LogP contribution in [0.3, 0.4) is 0 Å². The summed E-state index contributed by atoms with van der Waals surface area (Å²) < 4.78 is 1.56. The molecule has 1 aromatic carbocycles. The van der Waals surface area contributed by atoms with Crippen LogP contribution in [0.15, 0.2) is 59.7 Å². The highest BCUT2D eigenvalue weighted by Gasteiger charge is 2.05.